The van der Waals surface area contributed by atoms with Crippen molar-refractivity contribution in [1.29, 1.82) is 0 Å². The van der Waals surface area contributed by atoms with E-state index in [1.54, 1.807) is 24.5 Å². The topological polar surface area (TPSA) is 65.5 Å². The molecule has 1 aliphatic rings. The molecule has 1 fully saturated rings. The third kappa shape index (κ3) is 3.75. The predicted molar refractivity (Wildman–Crippen MR) is 73.7 cm³/mol. The maximum Gasteiger partial charge on any atom is 0.238 e. The maximum absolute atomic E-state index is 12.0. The molecule has 0 saturated carbocycles. The molecule has 1 aromatic heterocycles. The Morgan fingerprint density at radius 3 is 2.95 bits per heavy atom. The standard InChI is InChI=1S/C14H21N3O2/c1-11-3-2-8-17(13(11)10-18)9-14(19)16-12-4-6-15-7-5-12/h4-7,11,13,18H,2-3,8-10H2,1H3,(H,15,16,19). The van der Waals surface area contributed by atoms with Gasteiger partial charge in [0.25, 0.3) is 0 Å². The highest BCUT2D eigenvalue weighted by molar-refractivity contribution is 5.92. The number of nitrogens with one attached hydrogen (secondary N) is 1. The van der Waals surface area contributed by atoms with E-state index in [4.69, 9.17) is 0 Å². The fourth-order valence-corrected chi connectivity index (χ4v) is 2.65. The van der Waals surface area contributed by atoms with Crippen LogP contribution in [0.1, 0.15) is 19.8 Å². The highest BCUT2D eigenvalue weighted by atomic mass is 16.3. The summed E-state index contributed by atoms with van der Waals surface area (Å²) in [6.45, 7) is 3.45. The van der Waals surface area contributed by atoms with Gasteiger partial charge in [0, 0.05) is 24.1 Å². The molecule has 2 unspecified atom stereocenters. The Bertz CT molecular complexity index is 410. The molecule has 5 heteroatoms. The molecular weight excluding hydrogens is 242 g/mol. The molecule has 104 valence electrons. The number of likely N-dealkylation sites (tertiary alicyclic amines) is 1. The van der Waals surface area contributed by atoms with Gasteiger partial charge in [0.1, 0.15) is 0 Å². The average molecular weight is 263 g/mol. The molecule has 1 saturated heterocycles. The molecule has 0 aliphatic carbocycles. The Kier molecular flexibility index (Phi) is 4.87. The summed E-state index contributed by atoms with van der Waals surface area (Å²) >= 11 is 0. The zero-order valence-corrected chi connectivity index (χ0v) is 11.2. The number of pyridine rings is 1. The van der Waals surface area contributed by atoms with Gasteiger partial charge in [0.05, 0.1) is 13.2 Å². The number of aliphatic hydroxyl groups is 1. The van der Waals surface area contributed by atoms with Gasteiger partial charge in [-0.25, -0.2) is 0 Å². The van der Waals surface area contributed by atoms with Crippen LogP contribution in [-0.4, -0.2) is 46.6 Å². The lowest BCUT2D eigenvalue weighted by molar-refractivity contribution is -0.118. The van der Waals surface area contributed by atoms with Crippen LogP contribution >= 0.6 is 0 Å². The minimum Gasteiger partial charge on any atom is -0.395 e. The zero-order chi connectivity index (χ0) is 13.7. The molecule has 1 amide bonds. The van der Waals surface area contributed by atoms with E-state index in [1.807, 2.05) is 0 Å². The number of aliphatic hydroxyl groups excluding tert-OH is 1. The van der Waals surface area contributed by atoms with Crippen LogP contribution in [0.15, 0.2) is 24.5 Å². The second-order valence-corrected chi connectivity index (χ2v) is 5.12. The highest BCUT2D eigenvalue weighted by Crippen LogP contribution is 2.22. The van der Waals surface area contributed by atoms with Gasteiger partial charge in [-0.1, -0.05) is 6.92 Å². The molecular formula is C14H21N3O2. The molecule has 5 nitrogen and oxygen atoms in total. The number of rotatable bonds is 4. The van der Waals surface area contributed by atoms with Gasteiger partial charge in [0.15, 0.2) is 0 Å². The van der Waals surface area contributed by atoms with Crippen LogP contribution in [0.2, 0.25) is 0 Å². The van der Waals surface area contributed by atoms with Gasteiger partial charge in [-0.05, 0) is 37.4 Å². The second kappa shape index (κ2) is 6.63. The molecule has 2 heterocycles. The van der Waals surface area contributed by atoms with Gasteiger partial charge in [-0.3, -0.25) is 14.7 Å². The molecule has 0 aromatic carbocycles. The minimum absolute atomic E-state index is 0.0428. The van der Waals surface area contributed by atoms with Gasteiger partial charge in [-0.15, -0.1) is 0 Å². The van der Waals surface area contributed by atoms with Crippen molar-refractivity contribution in [2.75, 3.05) is 25.0 Å². The first kappa shape index (κ1) is 14.0. The highest BCUT2D eigenvalue weighted by Gasteiger charge is 2.28. The summed E-state index contributed by atoms with van der Waals surface area (Å²) in [6.07, 6.45) is 5.50. The van der Waals surface area contributed by atoms with E-state index < -0.39 is 0 Å². The number of carbonyl (C=O) groups excluding carboxylic acids is 1. The number of aromatic nitrogens is 1. The first-order valence-electron chi connectivity index (χ1n) is 6.75. The third-order valence-electron chi connectivity index (χ3n) is 3.73. The van der Waals surface area contributed by atoms with E-state index in [1.165, 1.54) is 0 Å². The minimum atomic E-state index is -0.0428. The SMILES string of the molecule is CC1CCCN(CC(=O)Nc2ccncc2)C1CO. The molecule has 0 spiro atoms. The number of amides is 1. The molecule has 2 rings (SSSR count). The quantitative estimate of drug-likeness (QED) is 0.854. The number of hydrogen-bond donors (Lipinski definition) is 2. The Morgan fingerprint density at radius 2 is 2.26 bits per heavy atom. The summed E-state index contributed by atoms with van der Waals surface area (Å²) in [5.41, 5.74) is 0.755. The van der Waals surface area contributed by atoms with Gasteiger partial charge >= 0.3 is 0 Å². The normalized spacial score (nSPS) is 24.1. The molecule has 19 heavy (non-hydrogen) atoms. The maximum atomic E-state index is 12.0. The van der Waals surface area contributed by atoms with E-state index in [0.717, 1.165) is 25.1 Å². The Morgan fingerprint density at radius 1 is 1.53 bits per heavy atom. The van der Waals surface area contributed by atoms with Crippen molar-refractivity contribution in [3.05, 3.63) is 24.5 Å². The average Bonchev–Trinajstić information content (AvgIpc) is 2.40. The van der Waals surface area contributed by atoms with Crippen LogP contribution in [0.5, 0.6) is 0 Å². The molecule has 0 bridgehead atoms. The molecule has 1 aliphatic heterocycles. The van der Waals surface area contributed by atoms with Gasteiger partial charge in [0.2, 0.25) is 5.91 Å². The van der Waals surface area contributed by atoms with Crippen molar-refractivity contribution in [2.45, 2.75) is 25.8 Å². The van der Waals surface area contributed by atoms with E-state index in [0.29, 0.717) is 12.5 Å². The monoisotopic (exact) mass is 263 g/mol. The largest absolute Gasteiger partial charge is 0.395 e. The van der Waals surface area contributed by atoms with Crippen molar-refractivity contribution in [2.24, 2.45) is 5.92 Å². The van der Waals surface area contributed by atoms with Gasteiger partial charge in [-0.2, -0.15) is 0 Å². The van der Waals surface area contributed by atoms with Gasteiger partial charge < -0.3 is 10.4 Å². The molecule has 1 aromatic rings. The van der Waals surface area contributed by atoms with Crippen molar-refractivity contribution in [3.8, 4) is 0 Å². The van der Waals surface area contributed by atoms with Crippen LogP contribution < -0.4 is 5.32 Å². The third-order valence-corrected chi connectivity index (χ3v) is 3.73. The zero-order valence-electron chi connectivity index (χ0n) is 11.2. The van der Waals surface area contributed by atoms with E-state index in [-0.39, 0.29) is 18.6 Å². The first-order valence-corrected chi connectivity index (χ1v) is 6.75. The van der Waals surface area contributed by atoms with Crippen LogP contribution in [0.25, 0.3) is 0 Å². The lowest BCUT2D eigenvalue weighted by Crippen LogP contribution is -2.49. The smallest absolute Gasteiger partial charge is 0.238 e. The van der Waals surface area contributed by atoms with Crippen molar-refractivity contribution < 1.29 is 9.90 Å². The van der Waals surface area contributed by atoms with Crippen LogP contribution in [-0.2, 0) is 4.79 Å². The van der Waals surface area contributed by atoms with Crippen LogP contribution in [0.4, 0.5) is 5.69 Å². The summed E-state index contributed by atoms with van der Waals surface area (Å²) in [7, 11) is 0. The van der Waals surface area contributed by atoms with Crippen molar-refractivity contribution >= 4 is 11.6 Å². The number of anilines is 1. The molecule has 0 radical (unpaired) electrons. The summed E-state index contributed by atoms with van der Waals surface area (Å²) in [6, 6.07) is 3.62. The Hall–Kier alpha value is -1.46. The Balaban J connectivity index is 1.90. The van der Waals surface area contributed by atoms with Crippen molar-refractivity contribution in [1.82, 2.24) is 9.88 Å². The fourth-order valence-electron chi connectivity index (χ4n) is 2.65. The fraction of sp³-hybridized carbons (Fsp3) is 0.571. The Labute approximate surface area is 113 Å². The summed E-state index contributed by atoms with van der Waals surface area (Å²) in [5, 5.41) is 12.3. The number of hydrogen-bond acceptors (Lipinski definition) is 4. The first-order chi connectivity index (χ1) is 9.20. The summed E-state index contributed by atoms with van der Waals surface area (Å²) < 4.78 is 0. The lowest BCUT2D eigenvalue weighted by atomic mass is 9.91. The number of carbonyl (C=O) groups is 1. The van der Waals surface area contributed by atoms with E-state index in [2.05, 4.69) is 22.1 Å². The lowest BCUT2D eigenvalue weighted by Gasteiger charge is -2.38. The van der Waals surface area contributed by atoms with Crippen LogP contribution in [0, 0.1) is 5.92 Å². The second-order valence-electron chi connectivity index (χ2n) is 5.12. The van der Waals surface area contributed by atoms with Crippen molar-refractivity contribution in [3.63, 3.8) is 0 Å². The number of nitrogens with zero attached hydrogens (tertiary/aromatic N) is 2. The summed E-state index contributed by atoms with van der Waals surface area (Å²) in [5.74, 6) is 0.395. The van der Waals surface area contributed by atoms with E-state index in [9.17, 15) is 9.90 Å². The molecule has 2 atom stereocenters. The van der Waals surface area contributed by atoms with E-state index >= 15 is 0 Å². The molecule has 2 N–H and O–H groups in total. The predicted octanol–water partition coefficient (Wildman–Crippen LogP) is 1.11. The number of piperidine rings is 1. The van der Waals surface area contributed by atoms with Crippen LogP contribution in [0.3, 0.4) is 0 Å². The summed E-state index contributed by atoms with van der Waals surface area (Å²) in [4.78, 5) is 18.0.